The Balaban J connectivity index is 3.45. The maximum absolute atomic E-state index is 12.3. The van der Waals surface area contributed by atoms with Gasteiger partial charge in [0.15, 0.2) is 6.29 Å². The fourth-order valence-electron chi connectivity index (χ4n) is 0.997. The van der Waals surface area contributed by atoms with E-state index in [-0.39, 0.29) is 6.29 Å². The maximum atomic E-state index is 12.3. The predicted octanol–water partition coefficient (Wildman–Crippen LogP) is 1.32. The van der Waals surface area contributed by atoms with Gasteiger partial charge in [-0.15, -0.1) is 0 Å². The molecule has 1 rings (SSSR count). The molecule has 0 atom stereocenters. The fraction of sp³-hybridized carbons (Fsp3) is 0.143. The van der Waals surface area contributed by atoms with Crippen LogP contribution >= 0.6 is 0 Å². The van der Waals surface area contributed by atoms with Gasteiger partial charge in [-0.05, 0) is 9.91 Å². The first-order valence-electron chi connectivity index (χ1n) is 3.65. The standard InChI is InChI=1S/C7H5F2N3O3/c8-6(9)3-1-11-7(12(14)15)5(10)4(3)2-13/h1-2,6H,10H2. The van der Waals surface area contributed by atoms with Crippen molar-refractivity contribution in [1.29, 1.82) is 0 Å². The summed E-state index contributed by atoms with van der Waals surface area (Å²) >= 11 is 0. The summed E-state index contributed by atoms with van der Waals surface area (Å²) < 4.78 is 24.6. The maximum Gasteiger partial charge on any atom is 0.387 e. The number of nitrogens with two attached hydrogens (primary N) is 1. The van der Waals surface area contributed by atoms with E-state index in [9.17, 15) is 23.7 Å². The van der Waals surface area contributed by atoms with Gasteiger partial charge in [0.2, 0.25) is 0 Å². The van der Waals surface area contributed by atoms with E-state index in [4.69, 9.17) is 5.73 Å². The fourth-order valence-corrected chi connectivity index (χ4v) is 0.997. The quantitative estimate of drug-likeness (QED) is 0.467. The van der Waals surface area contributed by atoms with E-state index < -0.39 is 34.0 Å². The van der Waals surface area contributed by atoms with Crippen LogP contribution in [0.1, 0.15) is 22.3 Å². The van der Waals surface area contributed by atoms with Gasteiger partial charge in [0.1, 0.15) is 11.9 Å². The third-order valence-electron chi connectivity index (χ3n) is 1.69. The number of aldehydes is 1. The molecule has 0 radical (unpaired) electrons. The summed E-state index contributed by atoms with van der Waals surface area (Å²) in [6, 6.07) is 0. The first-order chi connectivity index (χ1) is 6.99. The van der Waals surface area contributed by atoms with Crippen LogP contribution in [0.3, 0.4) is 0 Å². The summed E-state index contributed by atoms with van der Waals surface area (Å²) in [6.07, 6.45) is -2.34. The molecular weight excluding hydrogens is 212 g/mol. The molecule has 8 heteroatoms. The van der Waals surface area contributed by atoms with E-state index >= 15 is 0 Å². The number of aromatic nitrogens is 1. The van der Waals surface area contributed by atoms with Gasteiger partial charge < -0.3 is 15.8 Å². The molecule has 0 saturated heterocycles. The van der Waals surface area contributed by atoms with E-state index in [1.54, 1.807) is 0 Å². The highest BCUT2D eigenvalue weighted by Gasteiger charge is 2.24. The highest BCUT2D eigenvalue weighted by molar-refractivity contribution is 5.88. The van der Waals surface area contributed by atoms with Crippen LogP contribution in [0.25, 0.3) is 0 Å². The number of pyridine rings is 1. The van der Waals surface area contributed by atoms with Gasteiger partial charge in [-0.3, -0.25) is 4.79 Å². The monoisotopic (exact) mass is 217 g/mol. The Labute approximate surface area is 81.9 Å². The van der Waals surface area contributed by atoms with Crippen LogP contribution in [0.5, 0.6) is 0 Å². The molecule has 15 heavy (non-hydrogen) atoms. The number of anilines is 1. The van der Waals surface area contributed by atoms with Crippen LogP contribution in [0.4, 0.5) is 20.3 Å². The normalized spacial score (nSPS) is 10.3. The first kappa shape index (κ1) is 11.0. The second-order valence-electron chi connectivity index (χ2n) is 2.54. The molecule has 0 unspecified atom stereocenters. The molecular formula is C7H5F2N3O3. The van der Waals surface area contributed by atoms with Gasteiger partial charge in [0, 0.05) is 0 Å². The zero-order chi connectivity index (χ0) is 11.6. The van der Waals surface area contributed by atoms with Crippen molar-refractivity contribution in [3.05, 3.63) is 27.4 Å². The Morgan fingerprint density at radius 2 is 2.20 bits per heavy atom. The van der Waals surface area contributed by atoms with Crippen LogP contribution in [-0.4, -0.2) is 16.2 Å². The zero-order valence-corrected chi connectivity index (χ0v) is 7.18. The Morgan fingerprint density at radius 3 is 2.60 bits per heavy atom. The number of nitro groups is 1. The molecule has 80 valence electrons. The molecule has 0 amide bonds. The van der Waals surface area contributed by atoms with E-state index in [1.165, 1.54) is 0 Å². The van der Waals surface area contributed by atoms with Gasteiger partial charge in [-0.2, -0.15) is 0 Å². The summed E-state index contributed by atoms with van der Waals surface area (Å²) in [5.41, 5.74) is 3.21. The molecule has 0 aliphatic rings. The van der Waals surface area contributed by atoms with Crippen LogP contribution in [0, 0.1) is 10.1 Å². The van der Waals surface area contributed by atoms with Crippen LogP contribution in [0.15, 0.2) is 6.20 Å². The van der Waals surface area contributed by atoms with Crippen molar-refractivity contribution in [2.45, 2.75) is 6.43 Å². The van der Waals surface area contributed by atoms with E-state index in [2.05, 4.69) is 4.98 Å². The molecule has 0 fully saturated rings. The molecule has 1 aromatic rings. The highest BCUT2D eigenvalue weighted by atomic mass is 19.3. The molecule has 0 saturated carbocycles. The molecule has 0 spiro atoms. The largest absolute Gasteiger partial charge is 0.391 e. The Morgan fingerprint density at radius 1 is 1.60 bits per heavy atom. The number of hydrogen-bond acceptors (Lipinski definition) is 5. The van der Waals surface area contributed by atoms with Crippen molar-refractivity contribution in [2.75, 3.05) is 5.73 Å². The van der Waals surface area contributed by atoms with E-state index in [0.29, 0.717) is 6.20 Å². The van der Waals surface area contributed by atoms with Gasteiger partial charge in [0.05, 0.1) is 11.1 Å². The topological polar surface area (TPSA) is 99.1 Å². The second-order valence-corrected chi connectivity index (χ2v) is 2.54. The molecule has 1 heterocycles. The number of hydrogen-bond donors (Lipinski definition) is 1. The lowest BCUT2D eigenvalue weighted by Crippen LogP contribution is -2.06. The third-order valence-corrected chi connectivity index (χ3v) is 1.69. The van der Waals surface area contributed by atoms with Crippen LogP contribution < -0.4 is 5.73 Å². The average molecular weight is 217 g/mol. The summed E-state index contributed by atoms with van der Waals surface area (Å²) in [5.74, 6) is -0.804. The minimum absolute atomic E-state index is 0.0471. The summed E-state index contributed by atoms with van der Waals surface area (Å²) in [6.45, 7) is 0. The van der Waals surface area contributed by atoms with Crippen molar-refractivity contribution < 1.29 is 18.5 Å². The lowest BCUT2D eigenvalue weighted by molar-refractivity contribution is -0.388. The number of halogens is 2. The van der Waals surface area contributed by atoms with Gasteiger partial charge in [0.25, 0.3) is 6.43 Å². The number of nitrogens with zero attached hydrogens (tertiary/aromatic N) is 2. The van der Waals surface area contributed by atoms with Crippen molar-refractivity contribution >= 4 is 17.8 Å². The smallest absolute Gasteiger partial charge is 0.387 e. The minimum atomic E-state index is -2.96. The molecule has 6 nitrogen and oxygen atoms in total. The van der Waals surface area contributed by atoms with E-state index in [0.717, 1.165) is 0 Å². The van der Waals surface area contributed by atoms with Gasteiger partial charge >= 0.3 is 5.82 Å². The number of carbonyl (C=O) groups is 1. The molecule has 2 N–H and O–H groups in total. The molecule has 0 aliphatic carbocycles. The summed E-state index contributed by atoms with van der Waals surface area (Å²) in [5, 5.41) is 10.3. The summed E-state index contributed by atoms with van der Waals surface area (Å²) in [4.78, 5) is 23.0. The van der Waals surface area contributed by atoms with Crippen LogP contribution in [-0.2, 0) is 0 Å². The first-order valence-corrected chi connectivity index (χ1v) is 3.65. The molecule has 0 aromatic carbocycles. The van der Waals surface area contributed by atoms with Gasteiger partial charge in [-0.25, -0.2) is 8.78 Å². The Hall–Kier alpha value is -2.12. The second kappa shape index (κ2) is 3.95. The van der Waals surface area contributed by atoms with E-state index in [1.807, 2.05) is 0 Å². The third kappa shape index (κ3) is 1.87. The Kier molecular flexibility index (Phi) is 2.88. The zero-order valence-electron chi connectivity index (χ0n) is 7.18. The minimum Gasteiger partial charge on any atom is -0.391 e. The van der Waals surface area contributed by atoms with Crippen molar-refractivity contribution in [1.82, 2.24) is 4.98 Å². The molecule has 1 aromatic heterocycles. The summed E-state index contributed by atoms with van der Waals surface area (Å²) in [7, 11) is 0. The van der Waals surface area contributed by atoms with Crippen molar-refractivity contribution in [3.8, 4) is 0 Å². The number of alkyl halides is 2. The van der Waals surface area contributed by atoms with Crippen LogP contribution in [0.2, 0.25) is 0 Å². The molecule has 0 aliphatic heterocycles. The number of rotatable bonds is 3. The lowest BCUT2D eigenvalue weighted by atomic mass is 10.1. The lowest BCUT2D eigenvalue weighted by Gasteiger charge is -2.04. The van der Waals surface area contributed by atoms with Crippen molar-refractivity contribution in [3.63, 3.8) is 0 Å². The van der Waals surface area contributed by atoms with Crippen molar-refractivity contribution in [2.24, 2.45) is 0 Å². The predicted molar refractivity (Wildman–Crippen MR) is 45.6 cm³/mol. The molecule has 0 bridgehead atoms. The Bertz CT molecular complexity index is 422. The highest BCUT2D eigenvalue weighted by Crippen LogP contribution is 2.29. The van der Waals surface area contributed by atoms with Gasteiger partial charge in [-0.1, -0.05) is 0 Å². The SMILES string of the molecule is Nc1c([N+](=O)[O-])ncc(C(F)F)c1C=O. The number of nitrogen functional groups attached to an aromatic ring is 1. The number of carbonyl (C=O) groups excluding carboxylic acids is 1. The average Bonchev–Trinajstić information content (AvgIpc) is 2.16.